The van der Waals surface area contributed by atoms with Gasteiger partial charge in [0.05, 0.1) is 11.0 Å². The van der Waals surface area contributed by atoms with Crippen LogP contribution in [0.25, 0.3) is 11.0 Å². The van der Waals surface area contributed by atoms with E-state index in [-0.39, 0.29) is 5.41 Å². The molecule has 0 radical (unpaired) electrons. The van der Waals surface area contributed by atoms with Crippen LogP contribution in [-0.2, 0) is 13.6 Å². The Morgan fingerprint density at radius 1 is 1.37 bits per heavy atom. The van der Waals surface area contributed by atoms with Crippen molar-refractivity contribution in [1.29, 1.82) is 0 Å². The second-order valence-electron chi connectivity index (χ2n) is 6.01. The van der Waals surface area contributed by atoms with E-state index in [9.17, 15) is 0 Å². The third kappa shape index (κ3) is 3.14. The van der Waals surface area contributed by atoms with Gasteiger partial charge in [-0.3, -0.25) is 0 Å². The first-order valence-corrected chi connectivity index (χ1v) is 6.76. The van der Waals surface area contributed by atoms with Crippen LogP contribution in [0.3, 0.4) is 0 Å². The molecule has 0 aliphatic carbocycles. The molecule has 0 aliphatic heterocycles. The molecule has 1 aromatic carbocycles. The van der Waals surface area contributed by atoms with E-state index in [1.165, 1.54) is 11.1 Å². The van der Waals surface area contributed by atoms with E-state index in [0.717, 1.165) is 24.4 Å². The quantitative estimate of drug-likeness (QED) is 0.864. The van der Waals surface area contributed by atoms with Gasteiger partial charge < -0.3 is 15.6 Å². The van der Waals surface area contributed by atoms with Gasteiger partial charge in [0.25, 0.3) is 0 Å². The number of imidazole rings is 1. The van der Waals surface area contributed by atoms with Crippen molar-refractivity contribution >= 4 is 11.0 Å². The molecule has 3 N–H and O–H groups in total. The van der Waals surface area contributed by atoms with Gasteiger partial charge in [-0.1, -0.05) is 19.9 Å². The highest BCUT2D eigenvalue weighted by Crippen LogP contribution is 2.17. The second-order valence-corrected chi connectivity index (χ2v) is 6.01. The summed E-state index contributed by atoms with van der Waals surface area (Å²) in [6, 6.07) is 6.46. The molecule has 2 aromatic rings. The maximum atomic E-state index is 5.73. The lowest BCUT2D eigenvalue weighted by molar-refractivity contribution is 0.351. The minimum atomic E-state index is 0.145. The zero-order valence-electron chi connectivity index (χ0n) is 12.3. The van der Waals surface area contributed by atoms with Gasteiger partial charge in [0.1, 0.15) is 5.82 Å². The Balaban J connectivity index is 2.06. The number of hydrogen-bond acceptors (Lipinski definition) is 3. The van der Waals surface area contributed by atoms with Crippen molar-refractivity contribution in [1.82, 2.24) is 14.9 Å². The smallest absolute Gasteiger partial charge is 0.106 e. The van der Waals surface area contributed by atoms with E-state index in [0.29, 0.717) is 6.54 Å². The topological polar surface area (TPSA) is 55.9 Å². The number of nitrogens with one attached hydrogen (secondary N) is 1. The Morgan fingerprint density at radius 2 is 2.11 bits per heavy atom. The van der Waals surface area contributed by atoms with E-state index in [1.54, 1.807) is 0 Å². The molecule has 19 heavy (non-hydrogen) atoms. The van der Waals surface area contributed by atoms with E-state index in [2.05, 4.69) is 46.9 Å². The summed E-state index contributed by atoms with van der Waals surface area (Å²) in [4.78, 5) is 4.56. The summed E-state index contributed by atoms with van der Waals surface area (Å²) >= 11 is 0. The average molecular weight is 260 g/mol. The molecule has 4 nitrogen and oxygen atoms in total. The summed E-state index contributed by atoms with van der Waals surface area (Å²) in [6.45, 7) is 8.84. The highest BCUT2D eigenvalue weighted by Gasteiger charge is 2.14. The predicted octanol–water partition coefficient (Wildman–Crippen LogP) is 1.96. The van der Waals surface area contributed by atoms with Gasteiger partial charge in [-0.25, -0.2) is 4.98 Å². The minimum absolute atomic E-state index is 0.145. The van der Waals surface area contributed by atoms with Crippen molar-refractivity contribution in [2.24, 2.45) is 18.2 Å². The third-order valence-corrected chi connectivity index (χ3v) is 3.65. The van der Waals surface area contributed by atoms with Crippen molar-refractivity contribution < 1.29 is 0 Å². The Labute approximate surface area is 115 Å². The molecule has 2 rings (SSSR count). The molecule has 1 heterocycles. The largest absolute Gasteiger partial charge is 0.331 e. The zero-order chi connectivity index (χ0) is 14.0. The van der Waals surface area contributed by atoms with E-state index in [1.807, 2.05) is 14.0 Å². The number of fused-ring (bicyclic) bond motifs is 1. The maximum absolute atomic E-state index is 5.73. The SMILES string of the molecule is Cc1nc2cc(CNCC(C)(C)CN)ccc2n1C. The minimum Gasteiger partial charge on any atom is -0.331 e. The summed E-state index contributed by atoms with van der Waals surface area (Å²) in [5, 5.41) is 3.46. The first-order chi connectivity index (χ1) is 8.93. The number of nitrogens with zero attached hydrogens (tertiary/aromatic N) is 2. The van der Waals surface area contributed by atoms with Crippen LogP contribution in [0.4, 0.5) is 0 Å². The standard InChI is InChI=1S/C15H24N4/c1-11-18-13-7-12(5-6-14(13)19(11)4)8-17-10-15(2,3)9-16/h5-7,17H,8-10,16H2,1-4H3. The van der Waals surface area contributed by atoms with Gasteiger partial charge >= 0.3 is 0 Å². The van der Waals surface area contributed by atoms with Gasteiger partial charge in [0.15, 0.2) is 0 Å². The highest BCUT2D eigenvalue weighted by atomic mass is 15.0. The molecule has 0 amide bonds. The van der Waals surface area contributed by atoms with Crippen LogP contribution in [-0.4, -0.2) is 22.6 Å². The van der Waals surface area contributed by atoms with Crippen molar-refractivity contribution in [2.45, 2.75) is 27.3 Å². The van der Waals surface area contributed by atoms with Crippen molar-refractivity contribution in [3.8, 4) is 0 Å². The molecule has 0 aliphatic rings. The molecule has 104 valence electrons. The Morgan fingerprint density at radius 3 is 2.79 bits per heavy atom. The molecular formula is C15H24N4. The van der Waals surface area contributed by atoms with Crippen molar-refractivity contribution in [3.63, 3.8) is 0 Å². The summed E-state index contributed by atoms with van der Waals surface area (Å²) in [5.41, 5.74) is 9.38. The van der Waals surface area contributed by atoms with Crippen LogP contribution < -0.4 is 11.1 Å². The number of hydrogen-bond donors (Lipinski definition) is 2. The number of nitrogens with two attached hydrogens (primary N) is 1. The molecule has 0 spiro atoms. The Kier molecular flexibility index (Phi) is 3.92. The molecular weight excluding hydrogens is 236 g/mol. The number of benzene rings is 1. The number of rotatable bonds is 5. The maximum Gasteiger partial charge on any atom is 0.106 e. The molecule has 4 heteroatoms. The summed E-state index contributed by atoms with van der Waals surface area (Å²) in [5.74, 6) is 1.05. The lowest BCUT2D eigenvalue weighted by atomic mass is 9.94. The summed E-state index contributed by atoms with van der Waals surface area (Å²) < 4.78 is 2.12. The van der Waals surface area contributed by atoms with Crippen LogP contribution in [0.1, 0.15) is 25.2 Å². The number of aromatic nitrogens is 2. The zero-order valence-corrected chi connectivity index (χ0v) is 12.3. The predicted molar refractivity (Wildman–Crippen MR) is 80.0 cm³/mol. The molecule has 0 saturated heterocycles. The molecule has 0 bridgehead atoms. The van der Waals surface area contributed by atoms with Gasteiger partial charge in [0, 0.05) is 20.1 Å². The van der Waals surface area contributed by atoms with Gasteiger partial charge in [-0.15, -0.1) is 0 Å². The van der Waals surface area contributed by atoms with Crippen LogP contribution in [0.15, 0.2) is 18.2 Å². The number of aryl methyl sites for hydroxylation is 2. The Hall–Kier alpha value is -1.39. The third-order valence-electron chi connectivity index (χ3n) is 3.65. The van der Waals surface area contributed by atoms with Crippen LogP contribution in [0.5, 0.6) is 0 Å². The van der Waals surface area contributed by atoms with E-state index >= 15 is 0 Å². The van der Waals surface area contributed by atoms with Crippen molar-refractivity contribution in [3.05, 3.63) is 29.6 Å². The average Bonchev–Trinajstić information content (AvgIpc) is 2.65. The van der Waals surface area contributed by atoms with Crippen LogP contribution in [0, 0.1) is 12.3 Å². The summed E-state index contributed by atoms with van der Waals surface area (Å²) in [7, 11) is 2.05. The van der Waals surface area contributed by atoms with Gasteiger partial charge in [-0.2, -0.15) is 0 Å². The van der Waals surface area contributed by atoms with Gasteiger partial charge in [-0.05, 0) is 36.6 Å². The fourth-order valence-electron chi connectivity index (χ4n) is 2.09. The lowest BCUT2D eigenvalue weighted by Crippen LogP contribution is -2.35. The molecule has 0 fully saturated rings. The lowest BCUT2D eigenvalue weighted by Gasteiger charge is -2.22. The molecule has 0 saturated carbocycles. The first-order valence-electron chi connectivity index (χ1n) is 6.76. The highest BCUT2D eigenvalue weighted by molar-refractivity contribution is 5.76. The van der Waals surface area contributed by atoms with Crippen LogP contribution in [0.2, 0.25) is 0 Å². The molecule has 1 aromatic heterocycles. The van der Waals surface area contributed by atoms with Gasteiger partial charge in [0.2, 0.25) is 0 Å². The van der Waals surface area contributed by atoms with Crippen molar-refractivity contribution in [2.75, 3.05) is 13.1 Å². The molecule has 0 unspecified atom stereocenters. The van der Waals surface area contributed by atoms with E-state index < -0.39 is 0 Å². The first kappa shape index (κ1) is 14.0. The Bertz CT molecular complexity index is 569. The fourth-order valence-corrected chi connectivity index (χ4v) is 2.09. The van der Waals surface area contributed by atoms with E-state index in [4.69, 9.17) is 5.73 Å². The monoisotopic (exact) mass is 260 g/mol. The normalized spacial score (nSPS) is 12.3. The second kappa shape index (κ2) is 5.31. The molecule has 0 atom stereocenters. The summed E-state index contributed by atoms with van der Waals surface area (Å²) in [6.07, 6.45) is 0. The van der Waals surface area contributed by atoms with Crippen LogP contribution >= 0.6 is 0 Å². The fraction of sp³-hybridized carbons (Fsp3) is 0.533.